The molecule has 0 aromatic heterocycles. The lowest BCUT2D eigenvalue weighted by Crippen LogP contribution is -2.48. The lowest BCUT2D eigenvalue weighted by Gasteiger charge is -2.33. The summed E-state index contributed by atoms with van der Waals surface area (Å²) in [5.74, 6) is 0.742. The zero-order valence-electron chi connectivity index (χ0n) is 9.96. The van der Waals surface area contributed by atoms with Crippen LogP contribution in [0, 0.1) is 0 Å². The minimum atomic E-state index is 0.0182. The van der Waals surface area contributed by atoms with Gasteiger partial charge in [0.15, 0.2) is 6.61 Å². The predicted octanol–water partition coefficient (Wildman–Crippen LogP) is 1.31. The summed E-state index contributed by atoms with van der Waals surface area (Å²) in [7, 11) is 0. The van der Waals surface area contributed by atoms with E-state index in [1.807, 2.05) is 42.2 Å². The summed E-state index contributed by atoms with van der Waals surface area (Å²) in [4.78, 5) is 13.7. The summed E-state index contributed by atoms with van der Waals surface area (Å²) in [6.45, 7) is 3.95. The van der Waals surface area contributed by atoms with E-state index < -0.39 is 0 Å². The number of hydrogen-bond donors (Lipinski definition) is 0. The van der Waals surface area contributed by atoms with E-state index in [0.717, 1.165) is 5.75 Å². The van der Waals surface area contributed by atoms with Gasteiger partial charge in [0.25, 0.3) is 5.91 Å². The number of carbonyl (C=O) groups excluding carboxylic acids is 1. The number of ether oxygens (including phenoxy) is 2. The van der Waals surface area contributed by atoms with Gasteiger partial charge in [-0.2, -0.15) is 0 Å². The van der Waals surface area contributed by atoms with Crippen molar-refractivity contribution in [3.05, 3.63) is 30.3 Å². The van der Waals surface area contributed by atoms with Crippen molar-refractivity contribution in [2.45, 2.75) is 13.0 Å². The van der Waals surface area contributed by atoms with Crippen LogP contribution in [0.25, 0.3) is 0 Å². The summed E-state index contributed by atoms with van der Waals surface area (Å²) in [6, 6.07) is 9.51. The molecule has 0 saturated carbocycles. The molecule has 1 aromatic carbocycles. The Bertz CT molecular complexity index is 366. The van der Waals surface area contributed by atoms with Crippen molar-refractivity contribution in [1.29, 1.82) is 0 Å². The van der Waals surface area contributed by atoms with Crippen LogP contribution in [0.5, 0.6) is 5.75 Å². The third kappa shape index (κ3) is 3.20. The van der Waals surface area contributed by atoms with Crippen LogP contribution in [0.3, 0.4) is 0 Å². The Morgan fingerprint density at radius 2 is 2.24 bits per heavy atom. The molecule has 1 fully saturated rings. The largest absolute Gasteiger partial charge is 0.484 e. The Balaban J connectivity index is 1.84. The number of hydrogen-bond acceptors (Lipinski definition) is 3. The Morgan fingerprint density at radius 3 is 2.94 bits per heavy atom. The minimum absolute atomic E-state index is 0.0182. The van der Waals surface area contributed by atoms with E-state index in [0.29, 0.717) is 19.8 Å². The van der Waals surface area contributed by atoms with Crippen LogP contribution in [-0.4, -0.2) is 43.2 Å². The average Bonchev–Trinajstić information content (AvgIpc) is 2.38. The first-order chi connectivity index (χ1) is 8.27. The molecule has 1 aliphatic heterocycles. The minimum Gasteiger partial charge on any atom is -0.484 e. The Hall–Kier alpha value is -1.55. The van der Waals surface area contributed by atoms with Crippen LogP contribution in [0.4, 0.5) is 0 Å². The summed E-state index contributed by atoms with van der Waals surface area (Å²) in [5, 5.41) is 0. The highest BCUT2D eigenvalue weighted by Crippen LogP contribution is 2.10. The van der Waals surface area contributed by atoms with E-state index >= 15 is 0 Å². The maximum Gasteiger partial charge on any atom is 0.260 e. The van der Waals surface area contributed by atoms with Crippen LogP contribution in [0.2, 0.25) is 0 Å². The highest BCUT2D eigenvalue weighted by atomic mass is 16.5. The van der Waals surface area contributed by atoms with Gasteiger partial charge in [0, 0.05) is 6.54 Å². The van der Waals surface area contributed by atoms with E-state index in [-0.39, 0.29) is 18.6 Å². The van der Waals surface area contributed by atoms with Crippen molar-refractivity contribution in [3.8, 4) is 5.75 Å². The molecule has 17 heavy (non-hydrogen) atoms. The van der Waals surface area contributed by atoms with Crippen LogP contribution in [0.1, 0.15) is 6.92 Å². The van der Waals surface area contributed by atoms with E-state index in [4.69, 9.17) is 9.47 Å². The molecule has 4 heteroatoms. The van der Waals surface area contributed by atoms with E-state index in [2.05, 4.69) is 0 Å². The van der Waals surface area contributed by atoms with Crippen molar-refractivity contribution < 1.29 is 14.3 Å². The van der Waals surface area contributed by atoms with Gasteiger partial charge in [-0.1, -0.05) is 18.2 Å². The van der Waals surface area contributed by atoms with Crippen molar-refractivity contribution in [3.63, 3.8) is 0 Å². The van der Waals surface area contributed by atoms with Gasteiger partial charge in [-0.3, -0.25) is 4.79 Å². The van der Waals surface area contributed by atoms with Gasteiger partial charge in [-0.25, -0.2) is 0 Å². The second-order valence-corrected chi connectivity index (χ2v) is 4.11. The molecule has 92 valence electrons. The van der Waals surface area contributed by atoms with Crippen LogP contribution in [0.15, 0.2) is 30.3 Å². The summed E-state index contributed by atoms with van der Waals surface area (Å²) in [6.07, 6.45) is 0. The quantitative estimate of drug-likeness (QED) is 0.793. The molecular formula is C13H17NO3. The van der Waals surface area contributed by atoms with Gasteiger partial charge in [0.2, 0.25) is 0 Å². The lowest BCUT2D eigenvalue weighted by atomic mass is 10.2. The molecule has 1 heterocycles. The standard InChI is InChI=1S/C13H17NO3/c1-11-9-16-8-7-14(11)13(15)10-17-12-5-3-2-4-6-12/h2-6,11H,7-10H2,1H3/t11-/m1/s1. The van der Waals surface area contributed by atoms with Crippen molar-refractivity contribution in [2.75, 3.05) is 26.4 Å². The molecule has 1 atom stereocenters. The van der Waals surface area contributed by atoms with Crippen LogP contribution >= 0.6 is 0 Å². The fourth-order valence-electron chi connectivity index (χ4n) is 1.84. The second-order valence-electron chi connectivity index (χ2n) is 4.11. The fourth-order valence-corrected chi connectivity index (χ4v) is 1.84. The maximum absolute atomic E-state index is 11.9. The van der Waals surface area contributed by atoms with Gasteiger partial charge >= 0.3 is 0 Å². The highest BCUT2D eigenvalue weighted by molar-refractivity contribution is 5.78. The smallest absolute Gasteiger partial charge is 0.260 e. The Kier molecular flexibility index (Phi) is 3.98. The SMILES string of the molecule is C[C@@H]1COCCN1C(=O)COc1ccccc1. The van der Waals surface area contributed by atoms with Crippen LogP contribution in [-0.2, 0) is 9.53 Å². The van der Waals surface area contributed by atoms with Gasteiger partial charge in [-0.15, -0.1) is 0 Å². The molecule has 0 unspecified atom stereocenters. The molecule has 0 aliphatic carbocycles. The number of benzene rings is 1. The average molecular weight is 235 g/mol. The third-order valence-corrected chi connectivity index (χ3v) is 2.79. The molecule has 4 nitrogen and oxygen atoms in total. The predicted molar refractivity (Wildman–Crippen MR) is 63.9 cm³/mol. The zero-order chi connectivity index (χ0) is 12.1. The molecule has 1 aromatic rings. The number of morpholine rings is 1. The van der Waals surface area contributed by atoms with E-state index in [9.17, 15) is 4.79 Å². The molecule has 0 bridgehead atoms. The monoisotopic (exact) mass is 235 g/mol. The molecule has 0 radical (unpaired) electrons. The Labute approximate surface area is 101 Å². The van der Waals surface area contributed by atoms with Gasteiger partial charge in [-0.05, 0) is 19.1 Å². The number of carbonyl (C=O) groups is 1. The maximum atomic E-state index is 11.9. The fraction of sp³-hybridized carbons (Fsp3) is 0.462. The van der Waals surface area contributed by atoms with Crippen molar-refractivity contribution in [1.82, 2.24) is 4.90 Å². The van der Waals surface area contributed by atoms with Crippen molar-refractivity contribution in [2.24, 2.45) is 0 Å². The molecule has 1 aliphatic rings. The first kappa shape index (κ1) is 11.9. The highest BCUT2D eigenvalue weighted by Gasteiger charge is 2.23. The molecule has 2 rings (SSSR count). The molecule has 0 spiro atoms. The Morgan fingerprint density at radius 1 is 1.47 bits per heavy atom. The molecule has 1 amide bonds. The van der Waals surface area contributed by atoms with Gasteiger partial charge < -0.3 is 14.4 Å². The number of rotatable bonds is 3. The van der Waals surface area contributed by atoms with E-state index in [1.165, 1.54) is 0 Å². The van der Waals surface area contributed by atoms with Crippen LogP contribution < -0.4 is 4.74 Å². The lowest BCUT2D eigenvalue weighted by molar-refractivity contribution is -0.141. The normalized spacial score (nSPS) is 20.1. The van der Waals surface area contributed by atoms with Gasteiger partial charge in [0.1, 0.15) is 5.75 Å². The molecule has 0 N–H and O–H groups in total. The first-order valence-electron chi connectivity index (χ1n) is 5.82. The summed E-state index contributed by atoms with van der Waals surface area (Å²) >= 11 is 0. The molecular weight excluding hydrogens is 218 g/mol. The third-order valence-electron chi connectivity index (χ3n) is 2.79. The van der Waals surface area contributed by atoms with E-state index in [1.54, 1.807) is 0 Å². The second kappa shape index (κ2) is 5.68. The summed E-state index contributed by atoms with van der Waals surface area (Å²) in [5.41, 5.74) is 0. The molecule has 1 saturated heterocycles. The first-order valence-corrected chi connectivity index (χ1v) is 5.82. The number of amides is 1. The zero-order valence-corrected chi connectivity index (χ0v) is 9.96. The number of para-hydroxylation sites is 1. The van der Waals surface area contributed by atoms with Gasteiger partial charge in [0.05, 0.1) is 19.3 Å². The summed E-state index contributed by atoms with van der Waals surface area (Å²) < 4.78 is 10.7. The van der Waals surface area contributed by atoms with Crippen molar-refractivity contribution >= 4 is 5.91 Å². The number of nitrogens with zero attached hydrogens (tertiary/aromatic N) is 1. The topological polar surface area (TPSA) is 38.8 Å².